The molecular weight excluding hydrogens is 1380 g/mol. The van der Waals surface area contributed by atoms with Crippen LogP contribution in [0, 0.1) is 42.4 Å². The van der Waals surface area contributed by atoms with Gasteiger partial charge in [-0.05, 0) is 87.0 Å². The van der Waals surface area contributed by atoms with Crippen LogP contribution in [0.3, 0.4) is 0 Å². The van der Waals surface area contributed by atoms with Gasteiger partial charge in [-0.3, -0.25) is 9.59 Å². The molecular formula is C78H120B2N2O23Si. The molecule has 25 nitrogen and oxygen atoms in total. The SMILES string of the molecule is C=C(C)C[C@H](OC)[C@H](O)C(=O)N[C@@H](OC)[C@@H]1C[C@@H](OC(=O)c2ccccc2)C(C)(C)[C@@H](C[C@H](O)[C@@H](C)[C@H]2Cc3c(C)c(O)cc(O)c3C(=O)O2)O1.CB=O.CB=O.[2H]c1cc([2H])c2c(c1C)C[C@H]([C@H](C)[C@H](C[C@H]1O[C@H]([C@@H](NC(=O)[C@@H](C)[C@H](CC(=C)C)OC)OC)C[C@@H](O)C1(C)C)OCOCC[Si](C)(C)C)OC2=O. The number of ether oxygens (including phenoxy) is 11. The molecule has 3 aromatic carbocycles. The van der Waals surface area contributed by atoms with E-state index in [-0.39, 0.29) is 91.5 Å². The van der Waals surface area contributed by atoms with E-state index in [1.165, 1.54) is 41.0 Å². The van der Waals surface area contributed by atoms with Crippen LogP contribution in [0.4, 0.5) is 0 Å². The van der Waals surface area contributed by atoms with Crippen molar-refractivity contribution in [1.29, 1.82) is 0 Å². The summed E-state index contributed by atoms with van der Waals surface area (Å²) in [6.07, 6.45) is -10.2. The molecule has 2 amide bonds. The molecule has 3 aromatic rings. The Morgan fingerprint density at radius 1 is 0.708 bits per heavy atom. The number of hydrogen-bond acceptors (Lipinski definition) is 23. The van der Waals surface area contributed by atoms with Crippen LogP contribution in [0.2, 0.25) is 39.3 Å². The number of aliphatic hydroxyl groups is 3. The maximum absolute atomic E-state index is 13.4. The number of fused-ring (bicyclic) bond motifs is 2. The summed E-state index contributed by atoms with van der Waals surface area (Å²) in [6.45, 7) is 38.3. The van der Waals surface area contributed by atoms with Crippen LogP contribution in [0.25, 0.3) is 0 Å². The van der Waals surface area contributed by atoms with Gasteiger partial charge < -0.3 is 88.3 Å². The van der Waals surface area contributed by atoms with E-state index in [1.807, 2.05) is 41.5 Å². The molecule has 2 saturated heterocycles. The summed E-state index contributed by atoms with van der Waals surface area (Å²) in [6, 6.07) is 12.1. The van der Waals surface area contributed by atoms with Crippen LogP contribution >= 0.6 is 0 Å². The number of methoxy groups -OCH3 is 4. The third kappa shape index (κ3) is 25.6. The smallest absolute Gasteiger partial charge is 0.338 e. The Balaban J connectivity index is 0.000000425. The molecule has 0 aromatic heterocycles. The Labute approximate surface area is 632 Å². The van der Waals surface area contributed by atoms with Crippen molar-refractivity contribution >= 4 is 52.1 Å². The van der Waals surface area contributed by atoms with Gasteiger partial charge >= 0.3 is 55.3 Å². The molecule has 7 rings (SSSR count). The Morgan fingerprint density at radius 2 is 1.24 bits per heavy atom. The number of carbonyl (C=O) groups excluding carboxylic acids is 5. The third-order valence-electron chi connectivity index (χ3n) is 20.5. The monoisotopic (exact) mass is 1500 g/mol. The minimum atomic E-state index is -1.55. The Hall–Kier alpha value is -6.40. The zero-order chi connectivity index (χ0) is 81.6. The molecule has 4 heterocycles. The summed E-state index contributed by atoms with van der Waals surface area (Å²) < 4.78 is 99.9. The summed E-state index contributed by atoms with van der Waals surface area (Å²) in [4.78, 5) is 66.1. The first-order chi connectivity index (χ1) is 50.5. The molecule has 28 heteroatoms. The number of amides is 2. The maximum atomic E-state index is 13.4. The summed E-state index contributed by atoms with van der Waals surface area (Å²) in [5.74, 6) is -4.95. The maximum Gasteiger partial charge on any atom is 0.338 e. The summed E-state index contributed by atoms with van der Waals surface area (Å²) in [5.41, 5.74) is 2.76. The quantitative estimate of drug-likeness (QED) is 0.00763. The average molecular weight is 1510 g/mol. The molecule has 106 heavy (non-hydrogen) atoms. The largest absolute Gasteiger partial charge is 0.458 e. The van der Waals surface area contributed by atoms with Crippen LogP contribution < -0.4 is 10.6 Å². The van der Waals surface area contributed by atoms with Gasteiger partial charge in [0.25, 0.3) is 5.91 Å². The fraction of sp³-hybridized carbons (Fsp3) is 0.654. The van der Waals surface area contributed by atoms with Crippen LogP contribution in [-0.4, -0.2) is 211 Å². The number of nitrogens with one attached hydrogen (secondary N) is 2. The Morgan fingerprint density at radius 3 is 1.79 bits per heavy atom. The number of rotatable bonds is 32. The van der Waals surface area contributed by atoms with Gasteiger partial charge in [0.2, 0.25) is 5.91 Å². The van der Waals surface area contributed by atoms with Crippen molar-refractivity contribution in [3.8, 4) is 11.5 Å². The van der Waals surface area contributed by atoms with Crippen LogP contribution in [0.5, 0.6) is 11.5 Å². The van der Waals surface area contributed by atoms with E-state index < -0.39 is 140 Å². The average Bonchev–Trinajstić information content (AvgIpc) is 0.790. The van der Waals surface area contributed by atoms with E-state index in [2.05, 4.69) is 43.4 Å². The van der Waals surface area contributed by atoms with E-state index in [0.717, 1.165) is 32.0 Å². The topological polar surface area (TPSA) is 346 Å². The number of benzene rings is 3. The van der Waals surface area contributed by atoms with Crippen LogP contribution in [0.1, 0.15) is 157 Å². The van der Waals surface area contributed by atoms with E-state index in [9.17, 15) is 49.5 Å². The third-order valence-corrected chi connectivity index (χ3v) is 22.2. The molecule has 590 valence electrons. The second-order valence-corrected chi connectivity index (χ2v) is 36.1. The van der Waals surface area contributed by atoms with Gasteiger partial charge in [0.1, 0.15) is 54.4 Å². The number of cyclic esters (lactones) is 2. The van der Waals surface area contributed by atoms with Gasteiger partial charge in [0.15, 0.2) is 18.6 Å². The molecule has 0 aliphatic carbocycles. The van der Waals surface area contributed by atoms with Crippen molar-refractivity contribution in [3.05, 3.63) is 118 Å². The predicted octanol–water partition coefficient (Wildman–Crippen LogP) is 9.93. The van der Waals surface area contributed by atoms with Crippen molar-refractivity contribution in [2.75, 3.05) is 41.8 Å². The molecule has 4 aliphatic rings. The van der Waals surface area contributed by atoms with Gasteiger partial charge in [0.05, 0.1) is 62.5 Å². The molecule has 7 N–H and O–H groups in total. The number of carbonyl (C=O) groups is 5. The second kappa shape index (κ2) is 42.5. The second-order valence-electron chi connectivity index (χ2n) is 30.5. The number of aliphatic hydroxyl groups excluding tert-OH is 3. The minimum Gasteiger partial charge on any atom is -0.458 e. The van der Waals surface area contributed by atoms with Crippen LogP contribution in [-0.2, 0) is 83.9 Å². The summed E-state index contributed by atoms with van der Waals surface area (Å²) in [5, 5.41) is 60.2. The van der Waals surface area contributed by atoms with Gasteiger partial charge in [-0.2, -0.15) is 0 Å². The van der Waals surface area contributed by atoms with Gasteiger partial charge in [0, 0.05) is 110 Å². The first-order valence-corrected chi connectivity index (χ1v) is 39.9. The number of aromatic hydroxyl groups is 2. The number of esters is 3. The molecule has 4 aliphatic heterocycles. The summed E-state index contributed by atoms with van der Waals surface area (Å²) >= 11 is 0. The van der Waals surface area contributed by atoms with Crippen molar-refractivity contribution in [3.63, 3.8) is 0 Å². The minimum absolute atomic E-state index is 0.00655. The van der Waals surface area contributed by atoms with Gasteiger partial charge in [-0.15, -0.1) is 13.2 Å². The Bertz CT molecular complexity index is 3500. The van der Waals surface area contributed by atoms with Crippen molar-refractivity contribution in [1.82, 2.24) is 10.6 Å². The number of phenols is 2. The molecule has 2 fully saturated rings. The summed E-state index contributed by atoms with van der Waals surface area (Å²) in [7, 11) is 5.99. The van der Waals surface area contributed by atoms with Crippen molar-refractivity contribution in [2.45, 2.75) is 259 Å². The van der Waals surface area contributed by atoms with Crippen molar-refractivity contribution < 1.29 is 114 Å². The number of phenolic OH excluding ortho intramolecular Hbond substituents is 2. The van der Waals surface area contributed by atoms with Crippen LogP contribution in [0.15, 0.2) is 78.9 Å². The predicted molar refractivity (Wildman–Crippen MR) is 403 cm³/mol. The molecule has 0 saturated carbocycles. The Kier molecular flexibility index (Phi) is 35.5. The zero-order valence-electron chi connectivity index (χ0n) is 67.9. The molecule has 18 atom stereocenters. The van der Waals surface area contributed by atoms with Gasteiger partial charge in [-0.1, -0.05) is 110 Å². The zero-order valence-corrected chi connectivity index (χ0v) is 66.9. The fourth-order valence-electron chi connectivity index (χ4n) is 13.3. The van der Waals surface area contributed by atoms with Gasteiger partial charge in [-0.25, -0.2) is 14.4 Å². The normalized spacial score (nSPS) is 23.8. The number of hydrogen-bond donors (Lipinski definition) is 7. The molecule has 0 bridgehead atoms. The first-order valence-electron chi connectivity index (χ1n) is 37.2. The first kappa shape index (κ1) is 88.5. The fourth-order valence-corrected chi connectivity index (χ4v) is 14.0. The van der Waals surface area contributed by atoms with E-state index >= 15 is 0 Å². The van der Waals surface area contributed by atoms with Crippen molar-refractivity contribution in [2.24, 2.45) is 28.6 Å². The molecule has 0 unspecified atom stereocenters. The van der Waals surface area contributed by atoms with E-state index in [4.69, 9.17) is 64.3 Å². The van der Waals surface area contributed by atoms with E-state index in [0.29, 0.717) is 59.3 Å². The standard InChI is InChI=1S/C38H51NO12.C38H63NO9Si.2CH3BO/c1-19(2)14-28(47-7)33(43)34(44)39-35(48-8)29-18-31(51-36(45)22-12-10-9-11-13-22)38(5,6)30(49-29)17-25(41)21(4)27-15-23-20(3)24(40)16-26(42)32(23)37(46)50-27;1-23(2)18-29(43-8)26(5)35(41)39-36(44-9)32-20-33(40)38(6,7)34(47-32)21-30(46-22-45-16-17-49(10,11)12)25(4)31-19-28-24(3)14-13-15-27(28)37(42)48-31;2*1-2-3/h9-13,16,21,25,27-31,33,35,40-43H,1,14-15,17-18H2,2-8H3,(H,39,44);13-15,25-26,29-34,36,40H,1,16-22H2,2-12H3,(H,39,41);2*1H3/t21-,25+,27-,28+,29+,30-,31-,33+,35+;25-,26+,29+,30+,31-,32+,33-,34-,36+;;/m11../s1/i;14D,15D;;. The van der Waals surface area contributed by atoms with E-state index in [1.54, 1.807) is 72.1 Å². The molecule has 0 radical (unpaired) electrons. The molecule has 0 spiro atoms.